The van der Waals surface area contributed by atoms with E-state index in [9.17, 15) is 4.79 Å². The quantitative estimate of drug-likeness (QED) is 0.347. The molecule has 3 aromatic rings. The summed E-state index contributed by atoms with van der Waals surface area (Å²) >= 11 is 0. The van der Waals surface area contributed by atoms with E-state index in [0.717, 1.165) is 16.3 Å². The summed E-state index contributed by atoms with van der Waals surface area (Å²) in [5.74, 6) is 0.770. The van der Waals surface area contributed by atoms with Gasteiger partial charge in [-0.2, -0.15) is 0 Å². The molecule has 0 heterocycles. The number of rotatable bonds is 2. The van der Waals surface area contributed by atoms with Crippen LogP contribution in [0.1, 0.15) is 43.4 Å². The van der Waals surface area contributed by atoms with E-state index < -0.39 is 0 Å². The Bertz CT molecular complexity index is 920. The lowest BCUT2D eigenvalue weighted by Crippen LogP contribution is -2.06. The summed E-state index contributed by atoms with van der Waals surface area (Å²) in [6.07, 6.45) is 0. The molecule has 3 aromatic carbocycles. The molecule has 0 fully saturated rings. The van der Waals surface area contributed by atoms with Gasteiger partial charge in [-0.3, -0.25) is 4.79 Å². The van der Waals surface area contributed by atoms with Gasteiger partial charge >= 0.3 is 5.97 Å². The van der Waals surface area contributed by atoms with Gasteiger partial charge in [0.25, 0.3) is 0 Å². The second kappa shape index (κ2) is 5.69. The molecule has 0 saturated heterocycles. The molecule has 0 unspecified atom stereocenters. The number of fused-ring (bicyclic) bond motifs is 3. The molecule has 0 aliphatic carbocycles. The van der Waals surface area contributed by atoms with Gasteiger partial charge in [-0.1, -0.05) is 50.2 Å². The molecule has 0 bridgehead atoms. The Balaban J connectivity index is 2.59. The molecule has 0 radical (unpaired) electrons. The molecule has 3 rings (SSSR count). The molecule has 0 amide bonds. The van der Waals surface area contributed by atoms with Gasteiger partial charge in [-0.05, 0) is 52.6 Å². The van der Waals surface area contributed by atoms with Crippen molar-refractivity contribution in [1.82, 2.24) is 0 Å². The van der Waals surface area contributed by atoms with Crippen LogP contribution in [-0.4, -0.2) is 5.97 Å². The first-order chi connectivity index (χ1) is 10.9. The van der Waals surface area contributed by atoms with Crippen LogP contribution in [-0.2, 0) is 4.79 Å². The summed E-state index contributed by atoms with van der Waals surface area (Å²) in [7, 11) is 0. The smallest absolute Gasteiger partial charge is 0.308 e. The van der Waals surface area contributed by atoms with Crippen molar-refractivity contribution in [2.24, 2.45) is 0 Å². The van der Waals surface area contributed by atoms with Crippen LogP contribution >= 0.6 is 0 Å². The second-order valence-electron chi connectivity index (χ2n) is 6.47. The van der Waals surface area contributed by atoms with Crippen LogP contribution in [0.2, 0.25) is 0 Å². The summed E-state index contributed by atoms with van der Waals surface area (Å²) in [6.45, 7) is 10.00. The van der Waals surface area contributed by atoms with Gasteiger partial charge in [0.1, 0.15) is 5.75 Å². The Morgan fingerprint density at radius 2 is 1.61 bits per heavy atom. The van der Waals surface area contributed by atoms with Gasteiger partial charge < -0.3 is 4.74 Å². The average molecular weight is 306 g/mol. The van der Waals surface area contributed by atoms with Gasteiger partial charge in [0.05, 0.1) is 0 Å². The maximum absolute atomic E-state index is 11.6. The number of carbonyl (C=O) groups excluding carboxylic acids is 1. The summed E-state index contributed by atoms with van der Waals surface area (Å²) in [5.41, 5.74) is 3.52. The zero-order valence-electron chi connectivity index (χ0n) is 14.4. The first-order valence-electron chi connectivity index (χ1n) is 8.04. The number of aryl methyl sites for hydroxylation is 2. The van der Waals surface area contributed by atoms with Gasteiger partial charge in [-0.25, -0.2) is 0 Å². The van der Waals surface area contributed by atoms with Crippen molar-refractivity contribution in [3.05, 3.63) is 53.1 Å². The van der Waals surface area contributed by atoms with Crippen LogP contribution in [0.4, 0.5) is 0 Å². The third-order valence-electron chi connectivity index (χ3n) is 4.47. The molecule has 0 saturated carbocycles. The predicted octanol–water partition coefficient (Wildman–Crippen LogP) is 5.66. The van der Waals surface area contributed by atoms with Crippen molar-refractivity contribution < 1.29 is 9.53 Å². The number of hydrogen-bond acceptors (Lipinski definition) is 2. The highest BCUT2D eigenvalue weighted by molar-refractivity contribution is 6.13. The van der Waals surface area contributed by atoms with Crippen molar-refractivity contribution >= 4 is 27.5 Å². The lowest BCUT2D eigenvalue weighted by molar-refractivity contribution is -0.131. The van der Waals surface area contributed by atoms with Crippen molar-refractivity contribution in [3.8, 4) is 5.75 Å². The summed E-state index contributed by atoms with van der Waals surface area (Å²) in [5, 5.41) is 4.70. The zero-order valence-corrected chi connectivity index (χ0v) is 14.4. The minimum absolute atomic E-state index is 0.277. The fourth-order valence-corrected chi connectivity index (χ4v) is 3.55. The number of ether oxygens (including phenoxy) is 1. The van der Waals surface area contributed by atoms with E-state index in [1.165, 1.54) is 28.8 Å². The largest absolute Gasteiger partial charge is 0.426 e. The van der Waals surface area contributed by atoms with Crippen LogP contribution in [0.5, 0.6) is 5.75 Å². The molecule has 0 spiro atoms. The second-order valence-corrected chi connectivity index (χ2v) is 6.47. The Kier molecular flexibility index (Phi) is 3.85. The SMILES string of the molecule is CC(=O)Oc1c(C)ccc2c1c(C(C)C)c(C)c1ccccc12. The first kappa shape index (κ1) is 15.5. The van der Waals surface area contributed by atoms with Crippen LogP contribution in [0.25, 0.3) is 21.5 Å². The van der Waals surface area contributed by atoms with Crippen LogP contribution in [0, 0.1) is 13.8 Å². The topological polar surface area (TPSA) is 26.3 Å². The third-order valence-corrected chi connectivity index (χ3v) is 4.47. The summed E-state index contributed by atoms with van der Waals surface area (Å²) < 4.78 is 5.61. The van der Waals surface area contributed by atoms with Gasteiger partial charge in [0.2, 0.25) is 0 Å². The van der Waals surface area contributed by atoms with Crippen molar-refractivity contribution in [2.75, 3.05) is 0 Å². The molecular weight excluding hydrogens is 284 g/mol. The highest BCUT2D eigenvalue weighted by Crippen LogP contribution is 2.42. The monoisotopic (exact) mass is 306 g/mol. The maximum Gasteiger partial charge on any atom is 0.308 e. The zero-order chi connectivity index (χ0) is 16.7. The Labute approximate surface area is 137 Å². The van der Waals surface area contributed by atoms with E-state index >= 15 is 0 Å². The maximum atomic E-state index is 11.6. The van der Waals surface area contributed by atoms with E-state index in [1.807, 2.05) is 13.0 Å². The lowest BCUT2D eigenvalue weighted by Gasteiger charge is -2.20. The average Bonchev–Trinajstić information content (AvgIpc) is 2.50. The fraction of sp³-hybridized carbons (Fsp3) is 0.286. The molecule has 2 nitrogen and oxygen atoms in total. The molecule has 0 aromatic heterocycles. The minimum Gasteiger partial charge on any atom is -0.426 e. The number of esters is 1. The molecule has 0 aliphatic rings. The number of carbonyl (C=O) groups is 1. The Morgan fingerprint density at radius 1 is 0.957 bits per heavy atom. The Hall–Kier alpha value is -2.35. The standard InChI is InChI=1S/C21H22O2/c1-12(2)19-14(4)16-8-6-7-9-17(16)18-11-10-13(3)21(20(18)19)23-15(5)22/h6-12H,1-5H3. The molecule has 0 atom stereocenters. The van der Waals surface area contributed by atoms with E-state index in [1.54, 1.807) is 0 Å². The lowest BCUT2D eigenvalue weighted by atomic mass is 9.86. The predicted molar refractivity (Wildman–Crippen MR) is 96.3 cm³/mol. The first-order valence-corrected chi connectivity index (χ1v) is 8.04. The van der Waals surface area contributed by atoms with Crippen LogP contribution in [0.15, 0.2) is 36.4 Å². The third kappa shape index (κ3) is 2.48. The number of hydrogen-bond donors (Lipinski definition) is 0. The van der Waals surface area contributed by atoms with E-state index in [4.69, 9.17) is 4.74 Å². The van der Waals surface area contributed by atoms with E-state index in [-0.39, 0.29) is 5.97 Å². The number of benzene rings is 3. The molecule has 0 N–H and O–H groups in total. The van der Waals surface area contributed by atoms with E-state index in [2.05, 4.69) is 51.1 Å². The fourth-order valence-electron chi connectivity index (χ4n) is 3.55. The minimum atomic E-state index is -0.277. The molecule has 23 heavy (non-hydrogen) atoms. The molecule has 0 aliphatic heterocycles. The highest BCUT2D eigenvalue weighted by Gasteiger charge is 2.19. The van der Waals surface area contributed by atoms with E-state index in [0.29, 0.717) is 11.7 Å². The van der Waals surface area contributed by atoms with Gasteiger partial charge in [0.15, 0.2) is 0 Å². The van der Waals surface area contributed by atoms with Crippen LogP contribution in [0.3, 0.4) is 0 Å². The summed E-state index contributed by atoms with van der Waals surface area (Å²) in [6, 6.07) is 12.6. The van der Waals surface area contributed by atoms with Crippen molar-refractivity contribution in [1.29, 1.82) is 0 Å². The molecular formula is C21H22O2. The van der Waals surface area contributed by atoms with Crippen LogP contribution < -0.4 is 4.74 Å². The summed E-state index contributed by atoms with van der Waals surface area (Å²) in [4.78, 5) is 11.6. The van der Waals surface area contributed by atoms with Gasteiger partial charge in [0, 0.05) is 12.3 Å². The Morgan fingerprint density at radius 3 is 2.22 bits per heavy atom. The highest BCUT2D eigenvalue weighted by atomic mass is 16.5. The van der Waals surface area contributed by atoms with Crippen molar-refractivity contribution in [3.63, 3.8) is 0 Å². The van der Waals surface area contributed by atoms with Gasteiger partial charge in [-0.15, -0.1) is 0 Å². The molecule has 118 valence electrons. The normalized spacial score (nSPS) is 11.4. The van der Waals surface area contributed by atoms with Crippen molar-refractivity contribution in [2.45, 2.75) is 40.5 Å². The molecule has 2 heteroatoms.